The summed E-state index contributed by atoms with van der Waals surface area (Å²) in [4.78, 5) is 56.8. The Morgan fingerprint density at radius 1 is 0.654 bits per heavy atom. The van der Waals surface area contributed by atoms with E-state index in [0.29, 0.717) is 61.9 Å². The number of carboxylic acids is 2. The van der Waals surface area contributed by atoms with Crippen LogP contribution in [0, 0.1) is 13.8 Å². The highest BCUT2D eigenvalue weighted by Gasteiger charge is 2.18. The molecule has 14 heteroatoms. The fourth-order valence-electron chi connectivity index (χ4n) is 5.50. The van der Waals surface area contributed by atoms with Gasteiger partial charge in [0.05, 0.1) is 14.2 Å². The van der Waals surface area contributed by atoms with E-state index in [1.165, 1.54) is 14.2 Å². The van der Waals surface area contributed by atoms with Crippen molar-refractivity contribution in [2.75, 3.05) is 37.9 Å². The lowest BCUT2D eigenvalue weighted by Gasteiger charge is -2.17. The van der Waals surface area contributed by atoms with Gasteiger partial charge in [-0.1, -0.05) is 24.3 Å². The maximum absolute atomic E-state index is 13.3. The summed E-state index contributed by atoms with van der Waals surface area (Å²) in [5.74, 6) is -1.56. The highest BCUT2D eigenvalue weighted by molar-refractivity contribution is 6.05. The molecule has 0 saturated heterocycles. The smallest absolute Gasteiger partial charge is 0.303 e. The van der Waals surface area contributed by atoms with Crippen LogP contribution in [0.4, 0.5) is 11.4 Å². The van der Waals surface area contributed by atoms with E-state index in [2.05, 4.69) is 31.2 Å². The van der Waals surface area contributed by atoms with Crippen LogP contribution in [0.1, 0.15) is 68.9 Å². The number of benzene rings is 2. The zero-order valence-electron chi connectivity index (χ0n) is 29.7. The maximum Gasteiger partial charge on any atom is 0.303 e. The summed E-state index contributed by atoms with van der Waals surface area (Å²) in [7, 11) is 3.02. The monoisotopic (exact) mass is 712 g/mol. The van der Waals surface area contributed by atoms with Gasteiger partial charge in [-0.15, -0.1) is 0 Å². The van der Waals surface area contributed by atoms with E-state index in [4.69, 9.17) is 19.7 Å². The first-order valence-corrected chi connectivity index (χ1v) is 16.8. The van der Waals surface area contributed by atoms with Gasteiger partial charge in [0.15, 0.2) is 0 Å². The third kappa shape index (κ3) is 10.6. The molecule has 0 aliphatic carbocycles. The van der Waals surface area contributed by atoms with Crippen molar-refractivity contribution in [3.63, 3.8) is 0 Å². The molecule has 2 heterocycles. The fraction of sp³-hybridized carbons (Fsp3) is 0.316. The number of methoxy groups -OCH3 is 2. The van der Waals surface area contributed by atoms with Gasteiger partial charge < -0.3 is 41.0 Å². The zero-order chi connectivity index (χ0) is 37.6. The Bertz CT molecular complexity index is 1780. The lowest BCUT2D eigenvalue weighted by atomic mass is 9.94. The number of ether oxygens (including phenoxy) is 2. The first-order valence-electron chi connectivity index (χ1n) is 16.8. The standard InChI is InChI=1S/C38H44N6O8/c1-23-27(9-5-11-29(23)43-37(49)31-17-33(51-3)25(21-41-31)19-39-15-7-13-35(45)46)28-10-6-12-30(24(28)2)44-38(50)32-18-34(52-4)26(22-42-32)20-40-16-8-14-36(47)48/h5-6,9-12,17-18,21-22,39-40H,7-8,13-16,19-20H2,1-4H3,(H,43,49)(H,44,50)(H,45,46)(H,47,48). The average Bonchev–Trinajstić information content (AvgIpc) is 3.13. The van der Waals surface area contributed by atoms with E-state index in [-0.39, 0.29) is 24.2 Å². The number of nitrogens with zero attached hydrogens (tertiary/aromatic N) is 2. The van der Waals surface area contributed by atoms with Crippen molar-refractivity contribution in [2.24, 2.45) is 0 Å². The molecule has 0 unspecified atom stereocenters. The normalized spacial score (nSPS) is 10.8. The van der Waals surface area contributed by atoms with Gasteiger partial charge in [-0.25, -0.2) is 0 Å². The van der Waals surface area contributed by atoms with Crippen LogP contribution in [-0.2, 0) is 22.7 Å². The molecular formula is C38H44N6O8. The van der Waals surface area contributed by atoms with E-state index < -0.39 is 23.8 Å². The van der Waals surface area contributed by atoms with Gasteiger partial charge in [-0.3, -0.25) is 29.1 Å². The Hall–Kier alpha value is -5.86. The van der Waals surface area contributed by atoms with Crippen molar-refractivity contribution >= 4 is 35.1 Å². The third-order valence-electron chi connectivity index (χ3n) is 8.37. The van der Waals surface area contributed by atoms with Gasteiger partial charge in [-0.2, -0.15) is 0 Å². The van der Waals surface area contributed by atoms with Crippen LogP contribution in [0.3, 0.4) is 0 Å². The van der Waals surface area contributed by atoms with Crippen molar-refractivity contribution in [3.05, 3.63) is 94.6 Å². The topological polar surface area (TPSA) is 201 Å². The second-order valence-corrected chi connectivity index (χ2v) is 12.0. The number of hydrogen-bond donors (Lipinski definition) is 6. The predicted octanol–water partition coefficient (Wildman–Crippen LogP) is 5.19. The van der Waals surface area contributed by atoms with E-state index in [1.54, 1.807) is 36.7 Å². The molecule has 0 aliphatic heterocycles. The molecule has 2 aromatic heterocycles. The molecule has 14 nitrogen and oxygen atoms in total. The molecule has 0 atom stereocenters. The zero-order valence-corrected chi connectivity index (χ0v) is 29.7. The second kappa shape index (κ2) is 18.9. The minimum Gasteiger partial charge on any atom is -0.496 e. The van der Waals surface area contributed by atoms with Crippen molar-refractivity contribution in [1.29, 1.82) is 0 Å². The number of aromatic nitrogens is 2. The number of carbonyl (C=O) groups excluding carboxylic acids is 2. The van der Waals surface area contributed by atoms with Crippen molar-refractivity contribution in [2.45, 2.75) is 52.6 Å². The summed E-state index contributed by atoms with van der Waals surface area (Å²) < 4.78 is 11.0. The highest BCUT2D eigenvalue weighted by atomic mass is 16.5. The van der Waals surface area contributed by atoms with Gasteiger partial charge >= 0.3 is 11.9 Å². The van der Waals surface area contributed by atoms with Crippen LogP contribution in [0.5, 0.6) is 11.5 Å². The molecular weight excluding hydrogens is 668 g/mol. The number of amides is 2. The van der Waals surface area contributed by atoms with Crippen LogP contribution in [0.2, 0.25) is 0 Å². The van der Waals surface area contributed by atoms with Gasteiger partial charge in [0, 0.05) is 73.0 Å². The summed E-state index contributed by atoms with van der Waals surface area (Å²) in [6.07, 6.45) is 4.26. The molecule has 2 amide bonds. The summed E-state index contributed by atoms with van der Waals surface area (Å²) in [5.41, 5.74) is 6.35. The summed E-state index contributed by atoms with van der Waals surface area (Å²) in [6.45, 7) is 5.65. The van der Waals surface area contributed by atoms with Crippen LogP contribution < -0.4 is 30.7 Å². The minimum absolute atomic E-state index is 0.0767. The Labute approximate surface area is 302 Å². The number of nitrogens with one attached hydrogen (secondary N) is 4. The van der Waals surface area contributed by atoms with E-state index in [0.717, 1.165) is 33.4 Å². The quantitative estimate of drug-likeness (QED) is 0.0696. The molecule has 0 radical (unpaired) electrons. The Morgan fingerprint density at radius 2 is 1.06 bits per heavy atom. The van der Waals surface area contributed by atoms with Crippen LogP contribution in [-0.4, -0.2) is 71.2 Å². The third-order valence-corrected chi connectivity index (χ3v) is 8.37. The molecule has 0 spiro atoms. The lowest BCUT2D eigenvalue weighted by Crippen LogP contribution is -2.18. The van der Waals surface area contributed by atoms with Gasteiger partial charge in [-0.05, 0) is 74.2 Å². The van der Waals surface area contributed by atoms with Gasteiger partial charge in [0.2, 0.25) is 0 Å². The largest absolute Gasteiger partial charge is 0.496 e. The maximum atomic E-state index is 13.3. The molecule has 52 heavy (non-hydrogen) atoms. The predicted molar refractivity (Wildman–Crippen MR) is 196 cm³/mol. The molecule has 274 valence electrons. The molecule has 6 N–H and O–H groups in total. The summed E-state index contributed by atoms with van der Waals surface area (Å²) >= 11 is 0. The summed E-state index contributed by atoms with van der Waals surface area (Å²) in [6, 6.07) is 14.3. The Balaban J connectivity index is 1.45. The van der Waals surface area contributed by atoms with E-state index in [1.807, 2.05) is 38.1 Å². The van der Waals surface area contributed by atoms with Crippen molar-refractivity contribution < 1.29 is 38.9 Å². The molecule has 0 aliphatic rings. The number of rotatable bonds is 19. The number of anilines is 2. The fourth-order valence-corrected chi connectivity index (χ4v) is 5.50. The van der Waals surface area contributed by atoms with Gasteiger partial charge in [0.25, 0.3) is 11.8 Å². The van der Waals surface area contributed by atoms with Crippen LogP contribution in [0.15, 0.2) is 60.9 Å². The van der Waals surface area contributed by atoms with E-state index in [9.17, 15) is 19.2 Å². The molecule has 2 aromatic carbocycles. The average molecular weight is 713 g/mol. The van der Waals surface area contributed by atoms with Gasteiger partial charge in [0.1, 0.15) is 22.9 Å². The van der Waals surface area contributed by atoms with E-state index >= 15 is 0 Å². The molecule has 0 fully saturated rings. The number of hydrogen-bond acceptors (Lipinski definition) is 10. The number of pyridine rings is 2. The first kappa shape index (κ1) is 38.9. The minimum atomic E-state index is -0.845. The van der Waals surface area contributed by atoms with Crippen LogP contribution in [0.25, 0.3) is 11.1 Å². The first-order chi connectivity index (χ1) is 25.0. The second-order valence-electron chi connectivity index (χ2n) is 12.0. The number of aliphatic carboxylic acids is 2. The molecule has 0 bridgehead atoms. The highest BCUT2D eigenvalue weighted by Crippen LogP contribution is 2.34. The summed E-state index contributed by atoms with van der Waals surface area (Å²) in [5, 5.41) is 29.9. The molecule has 0 saturated carbocycles. The number of carboxylic acid groups (broad SMARTS) is 2. The lowest BCUT2D eigenvalue weighted by molar-refractivity contribution is -0.138. The number of carbonyl (C=O) groups is 4. The van der Waals surface area contributed by atoms with Crippen molar-refractivity contribution in [1.82, 2.24) is 20.6 Å². The molecule has 4 aromatic rings. The van der Waals surface area contributed by atoms with Crippen molar-refractivity contribution in [3.8, 4) is 22.6 Å². The van der Waals surface area contributed by atoms with Crippen LogP contribution >= 0.6 is 0 Å². The Kier molecular flexibility index (Phi) is 14.2. The SMILES string of the molecule is COc1cc(C(=O)Nc2cccc(-c3cccc(NC(=O)c4cc(OC)c(CNCCCC(=O)O)cn4)c3C)c2C)ncc1CNCCCC(=O)O. The molecule has 4 rings (SSSR count). The Morgan fingerprint density at radius 3 is 1.42 bits per heavy atom.